The number of hydrogen-bond donors (Lipinski definition) is 1. The highest BCUT2D eigenvalue weighted by molar-refractivity contribution is 9.10. The first-order valence-corrected chi connectivity index (χ1v) is 6.18. The van der Waals surface area contributed by atoms with Gasteiger partial charge in [0.1, 0.15) is 0 Å². The fourth-order valence-electron chi connectivity index (χ4n) is 1.65. The van der Waals surface area contributed by atoms with E-state index in [1.807, 2.05) is 6.07 Å². The lowest BCUT2D eigenvalue weighted by Gasteiger charge is -2.23. The van der Waals surface area contributed by atoms with E-state index in [1.165, 1.54) is 11.1 Å². The second-order valence-electron chi connectivity index (χ2n) is 3.29. The summed E-state index contributed by atoms with van der Waals surface area (Å²) in [7, 11) is 0. The van der Waals surface area contributed by atoms with Crippen molar-refractivity contribution in [1.29, 1.82) is 0 Å². The van der Waals surface area contributed by atoms with Crippen molar-refractivity contribution in [1.82, 2.24) is 0 Å². The van der Waals surface area contributed by atoms with Crippen molar-refractivity contribution in [2.24, 2.45) is 0 Å². The number of benzene rings is 1. The molecular weight excluding hydrogens is 248 g/mol. The second-order valence-corrected chi connectivity index (χ2v) is 5.17. The summed E-state index contributed by atoms with van der Waals surface area (Å²) in [6, 6.07) is 4.12. The van der Waals surface area contributed by atoms with Gasteiger partial charge in [-0.25, -0.2) is 0 Å². The van der Waals surface area contributed by atoms with Crippen LogP contribution in [-0.4, -0.2) is 10.9 Å². The standard InChI is InChI=1S/C10H11BrOS/c1-6-2-3-8(11)10-7(6)4-13-5-9(10)12/h2-3,9,12H,4-5H2,1H3. The summed E-state index contributed by atoms with van der Waals surface area (Å²) in [6.45, 7) is 2.10. The molecule has 1 N–H and O–H groups in total. The Morgan fingerprint density at radius 2 is 2.31 bits per heavy atom. The van der Waals surface area contributed by atoms with E-state index in [-0.39, 0.29) is 6.10 Å². The van der Waals surface area contributed by atoms with Crippen LogP contribution in [0.25, 0.3) is 0 Å². The molecule has 0 aromatic heterocycles. The highest BCUT2D eigenvalue weighted by Crippen LogP contribution is 2.37. The van der Waals surface area contributed by atoms with E-state index in [0.717, 1.165) is 21.5 Å². The number of aryl methyl sites for hydroxylation is 1. The van der Waals surface area contributed by atoms with Crippen LogP contribution in [0.2, 0.25) is 0 Å². The number of fused-ring (bicyclic) bond motifs is 1. The van der Waals surface area contributed by atoms with Gasteiger partial charge < -0.3 is 5.11 Å². The molecule has 2 rings (SSSR count). The highest BCUT2D eigenvalue weighted by Gasteiger charge is 2.21. The number of halogens is 1. The maximum atomic E-state index is 9.82. The van der Waals surface area contributed by atoms with Crippen molar-refractivity contribution < 1.29 is 5.11 Å². The molecule has 0 saturated heterocycles. The van der Waals surface area contributed by atoms with Gasteiger partial charge in [0.2, 0.25) is 0 Å². The summed E-state index contributed by atoms with van der Waals surface area (Å²) < 4.78 is 1.04. The van der Waals surface area contributed by atoms with E-state index in [9.17, 15) is 5.11 Å². The Hall–Kier alpha value is 0.01000. The van der Waals surface area contributed by atoms with Gasteiger partial charge in [-0.3, -0.25) is 0 Å². The lowest BCUT2D eigenvalue weighted by Crippen LogP contribution is -2.11. The summed E-state index contributed by atoms with van der Waals surface area (Å²) in [4.78, 5) is 0. The molecule has 0 bridgehead atoms. The lowest BCUT2D eigenvalue weighted by atomic mass is 9.99. The molecule has 0 fully saturated rings. The predicted molar refractivity (Wildman–Crippen MR) is 60.0 cm³/mol. The molecule has 1 aliphatic rings. The maximum absolute atomic E-state index is 9.82. The Labute approximate surface area is 90.7 Å². The summed E-state index contributed by atoms with van der Waals surface area (Å²) in [5.41, 5.74) is 3.68. The molecule has 0 saturated carbocycles. The Bertz CT molecular complexity index is 338. The largest absolute Gasteiger partial charge is 0.387 e. The molecule has 0 spiro atoms. The number of aliphatic hydroxyl groups is 1. The average Bonchev–Trinajstić information content (AvgIpc) is 2.12. The van der Waals surface area contributed by atoms with Crippen molar-refractivity contribution in [2.75, 3.05) is 5.75 Å². The topological polar surface area (TPSA) is 20.2 Å². The quantitative estimate of drug-likeness (QED) is 0.772. The molecular formula is C10H11BrOS. The van der Waals surface area contributed by atoms with Gasteiger partial charge in [-0.05, 0) is 29.7 Å². The van der Waals surface area contributed by atoms with E-state index in [2.05, 4.69) is 28.9 Å². The van der Waals surface area contributed by atoms with Gasteiger partial charge in [0.05, 0.1) is 6.10 Å². The second kappa shape index (κ2) is 3.64. The summed E-state index contributed by atoms with van der Waals surface area (Å²) in [5.74, 6) is 1.84. The molecule has 1 aromatic rings. The normalized spacial score (nSPS) is 21.3. The first-order chi connectivity index (χ1) is 6.20. The third kappa shape index (κ3) is 1.65. The van der Waals surface area contributed by atoms with Crippen molar-refractivity contribution >= 4 is 27.7 Å². The monoisotopic (exact) mass is 258 g/mol. The summed E-state index contributed by atoms with van der Waals surface area (Å²) in [5, 5.41) is 9.82. The first-order valence-electron chi connectivity index (χ1n) is 4.24. The molecule has 0 radical (unpaired) electrons. The molecule has 13 heavy (non-hydrogen) atoms. The van der Waals surface area contributed by atoms with Crippen LogP contribution in [0.5, 0.6) is 0 Å². The van der Waals surface area contributed by atoms with E-state index in [1.54, 1.807) is 11.8 Å². The van der Waals surface area contributed by atoms with Crippen molar-refractivity contribution in [3.63, 3.8) is 0 Å². The highest BCUT2D eigenvalue weighted by atomic mass is 79.9. The van der Waals surface area contributed by atoms with E-state index in [0.29, 0.717) is 0 Å². The van der Waals surface area contributed by atoms with Crippen LogP contribution in [0.15, 0.2) is 16.6 Å². The Morgan fingerprint density at radius 3 is 3.00 bits per heavy atom. The number of hydrogen-bond acceptors (Lipinski definition) is 2. The summed E-state index contributed by atoms with van der Waals surface area (Å²) >= 11 is 5.29. The lowest BCUT2D eigenvalue weighted by molar-refractivity contribution is 0.201. The van der Waals surface area contributed by atoms with Gasteiger partial charge in [0, 0.05) is 16.0 Å². The van der Waals surface area contributed by atoms with Gasteiger partial charge in [-0.15, -0.1) is 0 Å². The van der Waals surface area contributed by atoms with Crippen molar-refractivity contribution in [2.45, 2.75) is 18.8 Å². The number of rotatable bonds is 0. The zero-order valence-electron chi connectivity index (χ0n) is 7.38. The van der Waals surface area contributed by atoms with E-state index < -0.39 is 0 Å². The van der Waals surface area contributed by atoms with Gasteiger partial charge in [0.15, 0.2) is 0 Å². The van der Waals surface area contributed by atoms with Gasteiger partial charge in [-0.1, -0.05) is 22.0 Å². The Balaban J connectivity index is 2.60. The van der Waals surface area contributed by atoms with Crippen LogP contribution in [0.1, 0.15) is 22.8 Å². The minimum atomic E-state index is -0.303. The molecule has 1 atom stereocenters. The molecule has 1 nitrogen and oxygen atoms in total. The Morgan fingerprint density at radius 1 is 1.54 bits per heavy atom. The first kappa shape index (κ1) is 9.56. The minimum absolute atomic E-state index is 0.303. The van der Waals surface area contributed by atoms with Gasteiger partial charge in [-0.2, -0.15) is 11.8 Å². The minimum Gasteiger partial charge on any atom is -0.387 e. The fourth-order valence-corrected chi connectivity index (χ4v) is 3.38. The van der Waals surface area contributed by atoms with E-state index >= 15 is 0 Å². The van der Waals surface area contributed by atoms with Crippen LogP contribution in [-0.2, 0) is 5.75 Å². The molecule has 1 heterocycles. The maximum Gasteiger partial charge on any atom is 0.0894 e. The molecule has 3 heteroatoms. The van der Waals surface area contributed by atoms with Crippen LogP contribution >= 0.6 is 27.7 Å². The fraction of sp³-hybridized carbons (Fsp3) is 0.400. The van der Waals surface area contributed by atoms with Crippen LogP contribution in [0, 0.1) is 6.92 Å². The molecule has 0 aliphatic carbocycles. The third-order valence-corrected chi connectivity index (χ3v) is 4.13. The predicted octanol–water partition coefficient (Wildman–Crippen LogP) is 3.04. The van der Waals surface area contributed by atoms with Crippen LogP contribution in [0.3, 0.4) is 0 Å². The Kier molecular flexibility index (Phi) is 2.67. The molecule has 1 unspecified atom stereocenters. The SMILES string of the molecule is Cc1ccc(Br)c2c1CSCC2O. The zero-order valence-corrected chi connectivity index (χ0v) is 9.78. The van der Waals surface area contributed by atoms with Gasteiger partial charge in [0.25, 0.3) is 0 Å². The molecule has 1 aromatic carbocycles. The van der Waals surface area contributed by atoms with E-state index in [4.69, 9.17) is 0 Å². The van der Waals surface area contributed by atoms with Gasteiger partial charge >= 0.3 is 0 Å². The smallest absolute Gasteiger partial charge is 0.0894 e. The molecule has 70 valence electrons. The van der Waals surface area contributed by atoms with Crippen molar-refractivity contribution in [3.05, 3.63) is 33.3 Å². The zero-order chi connectivity index (χ0) is 9.42. The average molecular weight is 259 g/mol. The molecule has 1 aliphatic heterocycles. The number of thioether (sulfide) groups is 1. The van der Waals surface area contributed by atoms with Crippen LogP contribution in [0.4, 0.5) is 0 Å². The van der Waals surface area contributed by atoms with Crippen LogP contribution < -0.4 is 0 Å². The van der Waals surface area contributed by atoms with Crippen molar-refractivity contribution in [3.8, 4) is 0 Å². The summed E-state index contributed by atoms with van der Waals surface area (Å²) in [6.07, 6.45) is -0.303. The third-order valence-electron chi connectivity index (χ3n) is 2.39. The molecule has 0 amide bonds. The number of aliphatic hydroxyl groups excluding tert-OH is 1.